The summed E-state index contributed by atoms with van der Waals surface area (Å²) in [7, 11) is 1.58. The standard InChI is InChI=1S/C25H25N3O5/c1-15-8-17-9-16(6-7-22(17)32-15)23-11-19(27-33-23)13-26-25(30)18-10-24(29)28(14-18)20-4-3-5-21(12-20)31-2/h3-7,9,11-12,15,18H,8,10,13-14H2,1-2H3,(H,26,30). The summed E-state index contributed by atoms with van der Waals surface area (Å²) in [6.07, 6.45) is 1.22. The van der Waals surface area contributed by atoms with Crippen LogP contribution >= 0.6 is 0 Å². The highest BCUT2D eigenvalue weighted by Crippen LogP contribution is 2.33. The van der Waals surface area contributed by atoms with Crippen LogP contribution < -0.4 is 19.7 Å². The number of amides is 2. The minimum Gasteiger partial charge on any atom is -0.497 e. The van der Waals surface area contributed by atoms with Gasteiger partial charge in [-0.15, -0.1) is 0 Å². The number of hydrogen-bond donors (Lipinski definition) is 1. The Bertz CT molecular complexity index is 1200. The molecule has 2 atom stereocenters. The maximum absolute atomic E-state index is 12.7. The van der Waals surface area contributed by atoms with E-state index in [0.29, 0.717) is 23.7 Å². The quantitative estimate of drug-likeness (QED) is 0.623. The molecular weight excluding hydrogens is 422 g/mol. The van der Waals surface area contributed by atoms with Gasteiger partial charge in [0.25, 0.3) is 0 Å². The van der Waals surface area contributed by atoms with Crippen LogP contribution in [0.3, 0.4) is 0 Å². The van der Waals surface area contributed by atoms with Crippen molar-refractivity contribution in [2.75, 3.05) is 18.6 Å². The summed E-state index contributed by atoms with van der Waals surface area (Å²) in [4.78, 5) is 26.8. The monoisotopic (exact) mass is 447 g/mol. The number of carbonyl (C=O) groups excluding carboxylic acids is 2. The normalized spacial score (nSPS) is 19.3. The molecule has 8 nitrogen and oxygen atoms in total. The van der Waals surface area contributed by atoms with Gasteiger partial charge >= 0.3 is 0 Å². The summed E-state index contributed by atoms with van der Waals surface area (Å²) in [6.45, 7) is 2.61. The lowest BCUT2D eigenvalue weighted by atomic mass is 10.1. The lowest BCUT2D eigenvalue weighted by molar-refractivity contribution is -0.126. The number of fused-ring (bicyclic) bond motifs is 1. The zero-order valence-corrected chi connectivity index (χ0v) is 18.5. The molecule has 0 spiro atoms. The predicted octanol–water partition coefficient (Wildman–Crippen LogP) is 3.34. The number of aromatic nitrogens is 1. The Kier molecular flexibility index (Phi) is 5.50. The van der Waals surface area contributed by atoms with Gasteiger partial charge in [0.05, 0.1) is 19.6 Å². The Morgan fingerprint density at radius 2 is 2.09 bits per heavy atom. The van der Waals surface area contributed by atoms with Crippen molar-refractivity contribution < 1.29 is 23.6 Å². The summed E-state index contributed by atoms with van der Waals surface area (Å²) in [5.41, 5.74) is 3.42. The molecule has 2 aliphatic heterocycles. The van der Waals surface area contributed by atoms with Crippen LogP contribution in [0.5, 0.6) is 11.5 Å². The minimum absolute atomic E-state index is 0.0815. The lowest BCUT2D eigenvalue weighted by Crippen LogP contribution is -2.32. The molecule has 0 bridgehead atoms. The Morgan fingerprint density at radius 1 is 1.21 bits per heavy atom. The molecule has 5 rings (SSSR count). The molecule has 3 aromatic rings. The molecule has 2 amide bonds. The summed E-state index contributed by atoms with van der Waals surface area (Å²) in [5, 5.41) is 6.97. The SMILES string of the molecule is COc1cccc(N2CC(C(=O)NCc3cc(-c4ccc5c(c4)CC(C)O5)on3)CC2=O)c1. The van der Waals surface area contributed by atoms with E-state index in [0.717, 1.165) is 29.0 Å². The van der Waals surface area contributed by atoms with Crippen LogP contribution in [-0.4, -0.2) is 36.7 Å². The van der Waals surface area contributed by atoms with E-state index in [1.54, 1.807) is 18.1 Å². The van der Waals surface area contributed by atoms with Gasteiger partial charge in [0.1, 0.15) is 23.3 Å². The van der Waals surface area contributed by atoms with Crippen LogP contribution in [0.2, 0.25) is 0 Å². The topological polar surface area (TPSA) is 93.9 Å². The second kappa shape index (κ2) is 8.61. The van der Waals surface area contributed by atoms with E-state index < -0.39 is 5.92 Å². The molecule has 0 saturated carbocycles. The largest absolute Gasteiger partial charge is 0.497 e. The lowest BCUT2D eigenvalue weighted by Gasteiger charge is -2.17. The molecule has 0 radical (unpaired) electrons. The van der Waals surface area contributed by atoms with Crippen LogP contribution in [0, 0.1) is 5.92 Å². The Hall–Kier alpha value is -3.81. The van der Waals surface area contributed by atoms with Crippen molar-refractivity contribution in [2.45, 2.75) is 32.4 Å². The van der Waals surface area contributed by atoms with Crippen LogP contribution in [0.15, 0.2) is 53.1 Å². The van der Waals surface area contributed by atoms with Crippen molar-refractivity contribution >= 4 is 17.5 Å². The van der Waals surface area contributed by atoms with E-state index in [2.05, 4.69) is 16.5 Å². The van der Waals surface area contributed by atoms with Crippen LogP contribution in [0.4, 0.5) is 5.69 Å². The molecule has 170 valence electrons. The van der Waals surface area contributed by atoms with Gasteiger partial charge in [0.2, 0.25) is 11.8 Å². The van der Waals surface area contributed by atoms with Gasteiger partial charge in [-0.25, -0.2) is 0 Å². The fourth-order valence-electron chi connectivity index (χ4n) is 4.34. The summed E-state index contributed by atoms with van der Waals surface area (Å²) >= 11 is 0. The maximum Gasteiger partial charge on any atom is 0.227 e. The number of hydrogen-bond acceptors (Lipinski definition) is 6. The maximum atomic E-state index is 12.7. The molecular formula is C25H25N3O5. The summed E-state index contributed by atoms with van der Waals surface area (Å²) in [5.74, 6) is 1.53. The van der Waals surface area contributed by atoms with Gasteiger partial charge in [-0.2, -0.15) is 0 Å². The number of rotatable bonds is 6. The predicted molar refractivity (Wildman–Crippen MR) is 121 cm³/mol. The summed E-state index contributed by atoms with van der Waals surface area (Å²) in [6, 6.07) is 15.0. The first-order chi connectivity index (χ1) is 16.0. The van der Waals surface area contributed by atoms with Crippen molar-refractivity contribution in [3.63, 3.8) is 0 Å². The van der Waals surface area contributed by atoms with E-state index in [1.165, 1.54) is 0 Å². The average molecular weight is 447 g/mol. The third-order valence-electron chi connectivity index (χ3n) is 6.04. The highest BCUT2D eigenvalue weighted by Gasteiger charge is 2.35. The van der Waals surface area contributed by atoms with Crippen molar-refractivity contribution in [1.82, 2.24) is 10.5 Å². The molecule has 1 N–H and O–H groups in total. The Morgan fingerprint density at radius 3 is 2.94 bits per heavy atom. The first-order valence-corrected chi connectivity index (χ1v) is 11.0. The van der Waals surface area contributed by atoms with Gasteiger partial charge in [0, 0.05) is 42.8 Å². The summed E-state index contributed by atoms with van der Waals surface area (Å²) < 4.78 is 16.5. The first-order valence-electron chi connectivity index (χ1n) is 11.0. The molecule has 8 heteroatoms. The van der Waals surface area contributed by atoms with Crippen molar-refractivity contribution in [3.8, 4) is 22.8 Å². The van der Waals surface area contributed by atoms with E-state index in [4.69, 9.17) is 14.0 Å². The molecule has 33 heavy (non-hydrogen) atoms. The molecule has 2 aliphatic rings. The van der Waals surface area contributed by atoms with Crippen LogP contribution in [0.25, 0.3) is 11.3 Å². The second-order valence-corrected chi connectivity index (χ2v) is 8.46. The number of nitrogens with one attached hydrogen (secondary N) is 1. The number of carbonyl (C=O) groups is 2. The number of anilines is 1. The molecule has 1 saturated heterocycles. The van der Waals surface area contributed by atoms with Crippen molar-refractivity contribution in [2.24, 2.45) is 5.92 Å². The van der Waals surface area contributed by atoms with E-state index >= 15 is 0 Å². The van der Waals surface area contributed by atoms with Crippen LogP contribution in [-0.2, 0) is 22.6 Å². The Balaban J connectivity index is 1.19. The number of ether oxygens (including phenoxy) is 2. The van der Waals surface area contributed by atoms with Crippen molar-refractivity contribution in [3.05, 3.63) is 59.8 Å². The zero-order valence-electron chi connectivity index (χ0n) is 18.5. The highest BCUT2D eigenvalue weighted by atomic mass is 16.5. The average Bonchev–Trinajstić information content (AvgIpc) is 3.54. The fraction of sp³-hybridized carbons (Fsp3) is 0.320. The number of benzene rings is 2. The number of methoxy groups -OCH3 is 1. The van der Waals surface area contributed by atoms with Crippen LogP contribution in [0.1, 0.15) is 24.6 Å². The third kappa shape index (κ3) is 4.28. The van der Waals surface area contributed by atoms with Gasteiger partial charge in [0.15, 0.2) is 5.76 Å². The van der Waals surface area contributed by atoms with E-state index in [9.17, 15) is 9.59 Å². The van der Waals surface area contributed by atoms with E-state index in [-0.39, 0.29) is 30.9 Å². The van der Waals surface area contributed by atoms with Crippen molar-refractivity contribution in [1.29, 1.82) is 0 Å². The molecule has 3 heterocycles. The Labute approximate surface area is 191 Å². The van der Waals surface area contributed by atoms with Gasteiger partial charge in [-0.3, -0.25) is 9.59 Å². The first kappa shape index (κ1) is 21.1. The highest BCUT2D eigenvalue weighted by molar-refractivity contribution is 6.00. The van der Waals surface area contributed by atoms with E-state index in [1.807, 2.05) is 43.3 Å². The fourth-order valence-corrected chi connectivity index (χ4v) is 4.34. The smallest absolute Gasteiger partial charge is 0.227 e. The zero-order chi connectivity index (χ0) is 22.9. The molecule has 2 aromatic carbocycles. The number of nitrogens with zero attached hydrogens (tertiary/aromatic N) is 2. The van der Waals surface area contributed by atoms with Gasteiger partial charge < -0.3 is 24.2 Å². The molecule has 2 unspecified atom stereocenters. The molecule has 1 fully saturated rings. The van der Waals surface area contributed by atoms with Gasteiger partial charge in [-0.05, 0) is 42.8 Å². The molecule has 0 aliphatic carbocycles. The third-order valence-corrected chi connectivity index (χ3v) is 6.04. The minimum atomic E-state index is -0.422. The molecule has 1 aromatic heterocycles. The van der Waals surface area contributed by atoms with Gasteiger partial charge in [-0.1, -0.05) is 11.2 Å². The second-order valence-electron chi connectivity index (χ2n) is 8.46.